The maximum Gasteiger partial charge on any atom is 0.0634 e. The Labute approximate surface area is 133 Å². The van der Waals surface area contributed by atoms with Gasteiger partial charge in [-0.05, 0) is 30.9 Å². The first-order valence-corrected chi connectivity index (χ1v) is 8.68. The molecule has 0 amide bonds. The van der Waals surface area contributed by atoms with Gasteiger partial charge < -0.3 is 5.32 Å². The molecule has 1 aromatic heterocycles. The second kappa shape index (κ2) is 6.64. The zero-order valence-electron chi connectivity index (χ0n) is 12.9. The van der Waals surface area contributed by atoms with E-state index in [1.807, 2.05) is 6.20 Å². The van der Waals surface area contributed by atoms with Crippen molar-refractivity contribution in [3.8, 4) is 0 Å². The lowest BCUT2D eigenvalue weighted by Crippen LogP contribution is -2.62. The fraction of sp³-hybridized carbons (Fsp3) is 0.706. The quantitative estimate of drug-likeness (QED) is 0.921. The molecule has 3 nitrogen and oxygen atoms in total. The van der Waals surface area contributed by atoms with E-state index in [0.717, 1.165) is 24.7 Å². The molecular weight excluding hydrogens is 282 g/mol. The molecule has 3 rings (SSSR count). The summed E-state index contributed by atoms with van der Waals surface area (Å²) in [6.07, 6.45) is 11.5. The minimum absolute atomic E-state index is 0.365. The molecule has 116 valence electrons. The first-order valence-electron chi connectivity index (χ1n) is 8.30. The number of nitrogens with one attached hydrogen (secondary N) is 1. The Morgan fingerprint density at radius 2 is 2.24 bits per heavy atom. The molecule has 0 aromatic carbocycles. The predicted octanol–water partition coefficient (Wildman–Crippen LogP) is 3.62. The zero-order chi connectivity index (χ0) is 14.7. The first-order chi connectivity index (χ1) is 10.2. The van der Waals surface area contributed by atoms with E-state index in [1.54, 1.807) is 6.20 Å². The van der Waals surface area contributed by atoms with Crippen molar-refractivity contribution in [2.75, 3.05) is 13.1 Å². The molecule has 1 N–H and O–H groups in total. The summed E-state index contributed by atoms with van der Waals surface area (Å²) in [5, 5.41) is 4.67. The Hall–Kier alpha value is -0.640. The molecule has 1 aromatic rings. The Kier molecular flexibility index (Phi) is 4.82. The maximum absolute atomic E-state index is 6.31. The van der Waals surface area contributed by atoms with Gasteiger partial charge in [-0.1, -0.05) is 37.8 Å². The molecule has 1 saturated carbocycles. The number of piperazine rings is 1. The molecular formula is C17H26ClN3. The van der Waals surface area contributed by atoms with Crippen LogP contribution in [0, 0.1) is 0 Å². The third-order valence-corrected chi connectivity index (χ3v) is 5.49. The SMILES string of the molecule is CCCC1CNC2(CCCC2)CN1Cc1ccncc1Cl. The van der Waals surface area contributed by atoms with Gasteiger partial charge in [0.2, 0.25) is 0 Å². The summed E-state index contributed by atoms with van der Waals surface area (Å²) in [4.78, 5) is 6.76. The molecule has 0 radical (unpaired) electrons. The van der Waals surface area contributed by atoms with E-state index < -0.39 is 0 Å². The van der Waals surface area contributed by atoms with E-state index in [0.29, 0.717) is 11.6 Å². The number of halogens is 1. The first kappa shape index (κ1) is 15.3. The lowest BCUT2D eigenvalue weighted by atomic mass is 9.91. The maximum atomic E-state index is 6.31. The van der Waals surface area contributed by atoms with E-state index in [-0.39, 0.29) is 0 Å². The summed E-state index contributed by atoms with van der Waals surface area (Å²) < 4.78 is 0. The number of pyridine rings is 1. The topological polar surface area (TPSA) is 28.2 Å². The number of hydrogen-bond acceptors (Lipinski definition) is 3. The van der Waals surface area contributed by atoms with Gasteiger partial charge >= 0.3 is 0 Å². The average Bonchev–Trinajstić information content (AvgIpc) is 2.93. The largest absolute Gasteiger partial charge is 0.308 e. The highest BCUT2D eigenvalue weighted by Crippen LogP contribution is 2.34. The van der Waals surface area contributed by atoms with E-state index in [1.165, 1.54) is 44.1 Å². The summed E-state index contributed by atoms with van der Waals surface area (Å²) in [7, 11) is 0. The number of rotatable bonds is 4. The second-order valence-electron chi connectivity index (χ2n) is 6.68. The molecule has 0 bridgehead atoms. The van der Waals surface area contributed by atoms with Gasteiger partial charge in [0, 0.05) is 43.6 Å². The van der Waals surface area contributed by atoms with Crippen LogP contribution in [-0.2, 0) is 6.54 Å². The van der Waals surface area contributed by atoms with Crippen molar-refractivity contribution in [1.29, 1.82) is 0 Å². The van der Waals surface area contributed by atoms with Gasteiger partial charge in [0.25, 0.3) is 0 Å². The Morgan fingerprint density at radius 1 is 1.43 bits per heavy atom. The van der Waals surface area contributed by atoms with Crippen LogP contribution in [0.3, 0.4) is 0 Å². The normalized spacial score (nSPS) is 25.5. The van der Waals surface area contributed by atoms with Crippen molar-refractivity contribution in [2.24, 2.45) is 0 Å². The van der Waals surface area contributed by atoms with Crippen molar-refractivity contribution in [3.63, 3.8) is 0 Å². The number of nitrogens with zero attached hydrogens (tertiary/aromatic N) is 2. The van der Waals surface area contributed by atoms with Crippen molar-refractivity contribution in [1.82, 2.24) is 15.2 Å². The molecule has 21 heavy (non-hydrogen) atoms. The monoisotopic (exact) mass is 307 g/mol. The molecule has 4 heteroatoms. The highest BCUT2D eigenvalue weighted by molar-refractivity contribution is 6.31. The van der Waals surface area contributed by atoms with Crippen molar-refractivity contribution >= 4 is 11.6 Å². The fourth-order valence-corrected chi connectivity index (χ4v) is 4.16. The average molecular weight is 308 g/mol. The zero-order valence-corrected chi connectivity index (χ0v) is 13.7. The van der Waals surface area contributed by atoms with Gasteiger partial charge in [-0.15, -0.1) is 0 Å². The molecule has 1 unspecified atom stereocenters. The minimum atomic E-state index is 0.365. The molecule has 1 spiro atoms. The Bertz CT molecular complexity index is 471. The summed E-state index contributed by atoms with van der Waals surface area (Å²) in [6, 6.07) is 2.69. The van der Waals surface area contributed by atoms with Gasteiger partial charge in [-0.3, -0.25) is 9.88 Å². The molecule has 1 saturated heterocycles. The third-order valence-electron chi connectivity index (χ3n) is 5.15. The van der Waals surface area contributed by atoms with Crippen molar-refractivity contribution < 1.29 is 0 Å². The summed E-state index contributed by atoms with van der Waals surface area (Å²) in [5.41, 5.74) is 1.58. The van der Waals surface area contributed by atoms with Crippen molar-refractivity contribution in [2.45, 2.75) is 63.6 Å². The van der Waals surface area contributed by atoms with Crippen LogP contribution in [-0.4, -0.2) is 34.6 Å². The van der Waals surface area contributed by atoms with Crippen LogP contribution in [0.4, 0.5) is 0 Å². The van der Waals surface area contributed by atoms with Crippen LogP contribution in [0.5, 0.6) is 0 Å². The van der Waals surface area contributed by atoms with Crippen LogP contribution in [0.25, 0.3) is 0 Å². The van der Waals surface area contributed by atoms with Crippen LogP contribution >= 0.6 is 11.6 Å². The van der Waals surface area contributed by atoms with Gasteiger partial charge in [-0.25, -0.2) is 0 Å². The van der Waals surface area contributed by atoms with Crippen LogP contribution < -0.4 is 5.32 Å². The van der Waals surface area contributed by atoms with E-state index in [9.17, 15) is 0 Å². The van der Waals surface area contributed by atoms with Crippen molar-refractivity contribution in [3.05, 3.63) is 29.0 Å². The summed E-state index contributed by atoms with van der Waals surface area (Å²) >= 11 is 6.31. The minimum Gasteiger partial charge on any atom is -0.308 e. The smallest absolute Gasteiger partial charge is 0.0634 e. The van der Waals surface area contributed by atoms with E-state index in [2.05, 4.69) is 28.2 Å². The number of hydrogen-bond donors (Lipinski definition) is 1. The van der Waals surface area contributed by atoms with Gasteiger partial charge in [0.15, 0.2) is 0 Å². The van der Waals surface area contributed by atoms with Crippen LogP contribution in [0.1, 0.15) is 51.0 Å². The standard InChI is InChI=1S/C17H26ClN3/c1-2-5-15-10-20-17(7-3-4-8-17)13-21(15)12-14-6-9-19-11-16(14)18/h6,9,11,15,20H,2-5,7-8,10,12-13H2,1H3. The van der Waals surface area contributed by atoms with Crippen LogP contribution in [0.15, 0.2) is 18.5 Å². The van der Waals surface area contributed by atoms with Gasteiger partial charge in [0.1, 0.15) is 0 Å². The van der Waals surface area contributed by atoms with E-state index in [4.69, 9.17) is 11.6 Å². The van der Waals surface area contributed by atoms with E-state index >= 15 is 0 Å². The molecule has 2 aliphatic rings. The second-order valence-corrected chi connectivity index (χ2v) is 7.09. The number of aromatic nitrogens is 1. The lowest BCUT2D eigenvalue weighted by Gasteiger charge is -2.46. The highest BCUT2D eigenvalue weighted by atomic mass is 35.5. The highest BCUT2D eigenvalue weighted by Gasteiger charge is 2.40. The fourth-order valence-electron chi connectivity index (χ4n) is 3.98. The van der Waals surface area contributed by atoms with Gasteiger partial charge in [-0.2, -0.15) is 0 Å². The Balaban J connectivity index is 1.75. The van der Waals surface area contributed by atoms with Gasteiger partial charge in [0.05, 0.1) is 5.02 Å². The summed E-state index contributed by atoms with van der Waals surface area (Å²) in [6.45, 7) is 5.51. The Morgan fingerprint density at radius 3 is 2.95 bits per heavy atom. The molecule has 1 aliphatic carbocycles. The predicted molar refractivity (Wildman–Crippen MR) is 87.6 cm³/mol. The molecule has 2 fully saturated rings. The third kappa shape index (κ3) is 3.41. The molecule has 2 heterocycles. The summed E-state index contributed by atoms with van der Waals surface area (Å²) in [5.74, 6) is 0. The molecule has 1 atom stereocenters. The lowest BCUT2D eigenvalue weighted by molar-refractivity contribution is 0.0690. The molecule has 1 aliphatic heterocycles. The van der Waals surface area contributed by atoms with Crippen LogP contribution in [0.2, 0.25) is 5.02 Å².